The molecule has 0 bridgehead atoms. The summed E-state index contributed by atoms with van der Waals surface area (Å²) in [4.78, 5) is 2.56. The molecule has 2 heterocycles. The van der Waals surface area contributed by atoms with E-state index in [0.29, 0.717) is 6.10 Å². The van der Waals surface area contributed by atoms with Crippen molar-refractivity contribution in [3.05, 3.63) is 0 Å². The lowest BCUT2D eigenvalue weighted by molar-refractivity contribution is 0.0871. The van der Waals surface area contributed by atoms with Crippen molar-refractivity contribution in [2.75, 3.05) is 52.4 Å². The van der Waals surface area contributed by atoms with Crippen molar-refractivity contribution in [1.82, 2.24) is 15.5 Å². The lowest BCUT2D eigenvalue weighted by Crippen LogP contribution is -2.37. The Morgan fingerprint density at radius 3 is 3.17 bits per heavy atom. The SMILES string of the molecule is CCC1OCCC1CNCCN1CCCNCC1. The Balaban J connectivity index is 1.55. The van der Waals surface area contributed by atoms with Gasteiger partial charge in [-0.15, -0.1) is 0 Å². The zero-order valence-electron chi connectivity index (χ0n) is 11.8. The van der Waals surface area contributed by atoms with Gasteiger partial charge in [0.1, 0.15) is 0 Å². The fourth-order valence-electron chi connectivity index (χ4n) is 3.03. The van der Waals surface area contributed by atoms with Crippen LogP contribution in [0.1, 0.15) is 26.2 Å². The van der Waals surface area contributed by atoms with E-state index in [1.54, 1.807) is 0 Å². The molecule has 2 aliphatic heterocycles. The number of nitrogens with one attached hydrogen (secondary N) is 2. The molecule has 4 nitrogen and oxygen atoms in total. The Labute approximate surface area is 111 Å². The maximum atomic E-state index is 5.72. The zero-order chi connectivity index (χ0) is 12.6. The molecule has 0 spiro atoms. The molecular weight excluding hydrogens is 226 g/mol. The molecule has 106 valence electrons. The second-order valence-electron chi connectivity index (χ2n) is 5.52. The molecule has 2 atom stereocenters. The highest BCUT2D eigenvalue weighted by Gasteiger charge is 2.25. The van der Waals surface area contributed by atoms with E-state index in [-0.39, 0.29) is 0 Å². The molecule has 0 aliphatic carbocycles. The lowest BCUT2D eigenvalue weighted by Gasteiger charge is -2.21. The summed E-state index contributed by atoms with van der Waals surface area (Å²) in [6.45, 7) is 11.4. The average molecular weight is 255 g/mol. The van der Waals surface area contributed by atoms with Gasteiger partial charge in [-0.1, -0.05) is 6.92 Å². The Morgan fingerprint density at radius 1 is 1.33 bits per heavy atom. The van der Waals surface area contributed by atoms with Gasteiger partial charge in [-0.2, -0.15) is 0 Å². The summed E-state index contributed by atoms with van der Waals surface area (Å²) in [5.74, 6) is 0.737. The molecule has 18 heavy (non-hydrogen) atoms. The van der Waals surface area contributed by atoms with Crippen LogP contribution in [0.15, 0.2) is 0 Å². The van der Waals surface area contributed by atoms with Gasteiger partial charge in [0.25, 0.3) is 0 Å². The summed E-state index contributed by atoms with van der Waals surface area (Å²) in [6.07, 6.45) is 4.18. The molecule has 4 heteroatoms. The van der Waals surface area contributed by atoms with E-state index in [9.17, 15) is 0 Å². The molecule has 0 aromatic carbocycles. The van der Waals surface area contributed by atoms with Crippen LogP contribution in [0.25, 0.3) is 0 Å². The lowest BCUT2D eigenvalue weighted by atomic mass is 10.00. The third-order valence-corrected chi connectivity index (χ3v) is 4.19. The first-order valence-electron chi connectivity index (χ1n) is 7.65. The Kier molecular flexibility index (Phi) is 6.41. The monoisotopic (exact) mass is 255 g/mol. The summed E-state index contributed by atoms with van der Waals surface area (Å²) in [5, 5.41) is 7.06. The van der Waals surface area contributed by atoms with Crippen LogP contribution >= 0.6 is 0 Å². The third kappa shape index (κ3) is 4.50. The van der Waals surface area contributed by atoms with E-state index < -0.39 is 0 Å². The van der Waals surface area contributed by atoms with Gasteiger partial charge in [0.05, 0.1) is 6.10 Å². The van der Waals surface area contributed by atoms with Crippen LogP contribution in [-0.2, 0) is 4.74 Å². The van der Waals surface area contributed by atoms with Crippen LogP contribution in [-0.4, -0.2) is 63.4 Å². The van der Waals surface area contributed by atoms with E-state index in [2.05, 4.69) is 22.5 Å². The van der Waals surface area contributed by atoms with Crippen molar-refractivity contribution in [3.63, 3.8) is 0 Å². The summed E-state index contributed by atoms with van der Waals surface area (Å²) < 4.78 is 5.72. The second-order valence-corrected chi connectivity index (χ2v) is 5.52. The van der Waals surface area contributed by atoms with Gasteiger partial charge in [0.2, 0.25) is 0 Å². The highest BCUT2D eigenvalue weighted by Crippen LogP contribution is 2.22. The van der Waals surface area contributed by atoms with Crippen molar-refractivity contribution >= 4 is 0 Å². The van der Waals surface area contributed by atoms with Gasteiger partial charge in [0.15, 0.2) is 0 Å². The summed E-state index contributed by atoms with van der Waals surface area (Å²) >= 11 is 0. The number of nitrogens with zero attached hydrogens (tertiary/aromatic N) is 1. The van der Waals surface area contributed by atoms with E-state index >= 15 is 0 Å². The summed E-state index contributed by atoms with van der Waals surface area (Å²) in [5.41, 5.74) is 0. The van der Waals surface area contributed by atoms with E-state index in [1.807, 2.05) is 0 Å². The maximum absolute atomic E-state index is 5.72. The van der Waals surface area contributed by atoms with Crippen LogP contribution in [0.4, 0.5) is 0 Å². The molecule has 0 aromatic heterocycles. The topological polar surface area (TPSA) is 36.5 Å². The molecule has 0 saturated carbocycles. The minimum absolute atomic E-state index is 0.500. The average Bonchev–Trinajstić information content (AvgIpc) is 2.69. The van der Waals surface area contributed by atoms with Crippen molar-refractivity contribution in [2.45, 2.75) is 32.3 Å². The molecule has 2 saturated heterocycles. The molecular formula is C14H29N3O. The fraction of sp³-hybridized carbons (Fsp3) is 1.00. The Hall–Kier alpha value is -0.160. The number of hydrogen-bond acceptors (Lipinski definition) is 4. The summed E-state index contributed by atoms with van der Waals surface area (Å²) in [6, 6.07) is 0. The van der Waals surface area contributed by atoms with Gasteiger partial charge >= 0.3 is 0 Å². The van der Waals surface area contributed by atoms with Crippen molar-refractivity contribution in [2.24, 2.45) is 5.92 Å². The van der Waals surface area contributed by atoms with Crippen molar-refractivity contribution < 1.29 is 4.74 Å². The number of hydrogen-bond donors (Lipinski definition) is 2. The molecule has 2 unspecified atom stereocenters. The highest BCUT2D eigenvalue weighted by molar-refractivity contribution is 4.77. The van der Waals surface area contributed by atoms with Gasteiger partial charge in [-0.3, -0.25) is 0 Å². The van der Waals surface area contributed by atoms with Crippen LogP contribution in [0.2, 0.25) is 0 Å². The predicted molar refractivity (Wildman–Crippen MR) is 74.9 cm³/mol. The van der Waals surface area contributed by atoms with E-state index in [1.165, 1.54) is 39.0 Å². The van der Waals surface area contributed by atoms with Crippen molar-refractivity contribution in [1.29, 1.82) is 0 Å². The highest BCUT2D eigenvalue weighted by atomic mass is 16.5. The molecule has 0 aromatic rings. The number of rotatable bonds is 6. The smallest absolute Gasteiger partial charge is 0.0613 e. The largest absolute Gasteiger partial charge is 0.378 e. The first-order valence-corrected chi connectivity index (χ1v) is 7.65. The van der Waals surface area contributed by atoms with Gasteiger partial charge in [0, 0.05) is 39.3 Å². The van der Waals surface area contributed by atoms with E-state index in [0.717, 1.165) is 38.6 Å². The fourth-order valence-corrected chi connectivity index (χ4v) is 3.03. The normalized spacial score (nSPS) is 30.5. The predicted octanol–water partition coefficient (Wildman–Crippen LogP) is 0.686. The van der Waals surface area contributed by atoms with Crippen LogP contribution in [0.5, 0.6) is 0 Å². The maximum Gasteiger partial charge on any atom is 0.0613 e. The molecule has 2 aliphatic rings. The standard InChI is InChI=1S/C14H29N3O/c1-2-14-13(4-11-18-14)12-16-7-10-17-8-3-5-15-6-9-17/h13-16H,2-12H2,1H3. The van der Waals surface area contributed by atoms with Crippen LogP contribution in [0, 0.1) is 5.92 Å². The van der Waals surface area contributed by atoms with Gasteiger partial charge in [-0.25, -0.2) is 0 Å². The van der Waals surface area contributed by atoms with Gasteiger partial charge < -0.3 is 20.3 Å². The second kappa shape index (κ2) is 8.10. The zero-order valence-corrected chi connectivity index (χ0v) is 11.8. The molecule has 0 radical (unpaired) electrons. The van der Waals surface area contributed by atoms with Crippen molar-refractivity contribution in [3.8, 4) is 0 Å². The van der Waals surface area contributed by atoms with Gasteiger partial charge in [-0.05, 0) is 38.3 Å². The van der Waals surface area contributed by atoms with Crippen LogP contribution < -0.4 is 10.6 Å². The van der Waals surface area contributed by atoms with E-state index in [4.69, 9.17) is 4.74 Å². The first-order chi connectivity index (χ1) is 8.90. The Bertz CT molecular complexity index is 217. The molecule has 2 fully saturated rings. The molecule has 2 N–H and O–H groups in total. The molecule has 0 amide bonds. The van der Waals surface area contributed by atoms with Crippen LogP contribution in [0.3, 0.4) is 0 Å². The quantitative estimate of drug-likeness (QED) is 0.685. The Morgan fingerprint density at radius 2 is 2.28 bits per heavy atom. The first kappa shape index (κ1) is 14.3. The third-order valence-electron chi connectivity index (χ3n) is 4.19. The minimum atomic E-state index is 0.500. The summed E-state index contributed by atoms with van der Waals surface area (Å²) in [7, 11) is 0. The number of ether oxygens (including phenoxy) is 1. The minimum Gasteiger partial charge on any atom is -0.378 e. The molecule has 2 rings (SSSR count).